The summed E-state index contributed by atoms with van der Waals surface area (Å²) in [6.45, 7) is 0.274. The number of anilines is 1. The molecule has 146 valence electrons. The highest BCUT2D eigenvalue weighted by Gasteiger charge is 2.35. The number of thioether (sulfide) groups is 1. The molecule has 0 radical (unpaired) electrons. The van der Waals surface area contributed by atoms with Crippen LogP contribution in [-0.4, -0.2) is 30.1 Å². The summed E-state index contributed by atoms with van der Waals surface area (Å²) in [4.78, 5) is 29.1. The minimum absolute atomic E-state index is 0.238. The number of halogens is 1. The molecular weight excluding hydrogens is 448 g/mol. The largest absolute Gasteiger partial charge is 0.377 e. The Bertz CT molecular complexity index is 1160. The van der Waals surface area contributed by atoms with Gasteiger partial charge in [-0.15, -0.1) is 0 Å². The number of fused-ring (bicyclic) bond motifs is 1. The van der Waals surface area contributed by atoms with Crippen LogP contribution in [0.5, 0.6) is 0 Å². The standard InChI is InChI=1S/C23H19BrN2O2S/c1-25(2)20-10-8-15(12-19(20)24)13-21-22(27)26(23(28)29-21)14-16-7-9-17-5-3-4-6-18(17)11-16/h3-13H,14H2,1-2H3/b21-13-. The van der Waals surface area contributed by atoms with Crippen LogP contribution in [0.15, 0.2) is 70.0 Å². The molecule has 0 atom stereocenters. The molecule has 2 amide bonds. The molecule has 0 bridgehead atoms. The fourth-order valence-corrected chi connectivity index (χ4v) is 4.87. The molecule has 0 saturated carbocycles. The van der Waals surface area contributed by atoms with Gasteiger partial charge in [0.05, 0.1) is 17.1 Å². The Labute approximate surface area is 182 Å². The maximum absolute atomic E-state index is 12.8. The van der Waals surface area contributed by atoms with Crippen molar-refractivity contribution in [1.82, 2.24) is 4.90 Å². The van der Waals surface area contributed by atoms with Crippen molar-refractivity contribution in [2.24, 2.45) is 0 Å². The zero-order chi connectivity index (χ0) is 20.5. The van der Waals surface area contributed by atoms with Gasteiger partial charge < -0.3 is 4.90 Å². The fraction of sp³-hybridized carbons (Fsp3) is 0.130. The Morgan fingerprint density at radius 3 is 2.48 bits per heavy atom. The highest BCUT2D eigenvalue weighted by atomic mass is 79.9. The van der Waals surface area contributed by atoms with E-state index >= 15 is 0 Å². The lowest BCUT2D eigenvalue weighted by Crippen LogP contribution is -2.27. The van der Waals surface area contributed by atoms with Crippen molar-refractivity contribution in [2.75, 3.05) is 19.0 Å². The molecule has 3 aromatic carbocycles. The summed E-state index contributed by atoms with van der Waals surface area (Å²) in [6.07, 6.45) is 1.77. The first kappa shape index (κ1) is 19.7. The van der Waals surface area contributed by atoms with Crippen LogP contribution in [0.1, 0.15) is 11.1 Å². The second-order valence-electron chi connectivity index (χ2n) is 7.05. The van der Waals surface area contributed by atoms with Crippen molar-refractivity contribution >= 4 is 61.4 Å². The molecular formula is C23H19BrN2O2S. The minimum atomic E-state index is -0.249. The van der Waals surface area contributed by atoms with Crippen molar-refractivity contribution < 1.29 is 9.59 Å². The zero-order valence-electron chi connectivity index (χ0n) is 16.1. The summed E-state index contributed by atoms with van der Waals surface area (Å²) in [5, 5.41) is 1.99. The molecule has 0 N–H and O–H groups in total. The molecule has 0 aromatic heterocycles. The summed E-state index contributed by atoms with van der Waals surface area (Å²) in [7, 11) is 3.94. The van der Waals surface area contributed by atoms with E-state index in [1.54, 1.807) is 6.08 Å². The summed E-state index contributed by atoms with van der Waals surface area (Å²) in [5.41, 5.74) is 2.86. The predicted octanol–water partition coefficient (Wildman–Crippen LogP) is 5.90. The molecule has 4 nitrogen and oxygen atoms in total. The van der Waals surface area contributed by atoms with Gasteiger partial charge in [-0.05, 0) is 73.9 Å². The molecule has 4 rings (SSSR count). The first-order chi connectivity index (χ1) is 13.9. The van der Waals surface area contributed by atoms with Gasteiger partial charge in [0.1, 0.15) is 0 Å². The van der Waals surface area contributed by atoms with Gasteiger partial charge in [0.15, 0.2) is 0 Å². The van der Waals surface area contributed by atoms with E-state index in [9.17, 15) is 9.59 Å². The third-order valence-electron chi connectivity index (χ3n) is 4.78. The van der Waals surface area contributed by atoms with Crippen molar-refractivity contribution in [3.63, 3.8) is 0 Å². The monoisotopic (exact) mass is 466 g/mol. The van der Waals surface area contributed by atoms with Crippen LogP contribution < -0.4 is 4.90 Å². The zero-order valence-corrected chi connectivity index (χ0v) is 18.5. The summed E-state index contributed by atoms with van der Waals surface area (Å²) in [6, 6.07) is 19.9. The van der Waals surface area contributed by atoms with Crippen molar-refractivity contribution in [3.05, 3.63) is 81.2 Å². The predicted molar refractivity (Wildman–Crippen MR) is 124 cm³/mol. The number of imide groups is 1. The molecule has 1 fully saturated rings. The van der Waals surface area contributed by atoms with E-state index in [0.717, 1.165) is 43.8 Å². The molecule has 0 aliphatic carbocycles. The fourth-order valence-electron chi connectivity index (χ4n) is 3.28. The molecule has 1 aliphatic heterocycles. The Kier molecular flexibility index (Phi) is 5.48. The summed E-state index contributed by atoms with van der Waals surface area (Å²) in [5.74, 6) is -0.249. The number of nitrogens with zero attached hydrogens (tertiary/aromatic N) is 2. The van der Waals surface area contributed by atoms with Gasteiger partial charge in [-0.2, -0.15) is 0 Å². The van der Waals surface area contributed by atoms with E-state index in [0.29, 0.717) is 4.91 Å². The van der Waals surface area contributed by atoms with E-state index in [1.165, 1.54) is 4.90 Å². The number of benzene rings is 3. The number of carbonyl (C=O) groups excluding carboxylic acids is 2. The number of carbonyl (C=O) groups is 2. The Balaban J connectivity index is 1.56. The molecule has 29 heavy (non-hydrogen) atoms. The summed E-state index contributed by atoms with van der Waals surface area (Å²) < 4.78 is 0.937. The third kappa shape index (κ3) is 4.09. The van der Waals surface area contributed by atoms with Crippen molar-refractivity contribution in [1.29, 1.82) is 0 Å². The average molecular weight is 467 g/mol. The van der Waals surface area contributed by atoms with Crippen LogP contribution in [0.3, 0.4) is 0 Å². The average Bonchev–Trinajstić information content (AvgIpc) is 2.95. The first-order valence-corrected chi connectivity index (χ1v) is 10.7. The molecule has 6 heteroatoms. The second kappa shape index (κ2) is 8.05. The van der Waals surface area contributed by atoms with Crippen LogP contribution in [-0.2, 0) is 11.3 Å². The molecule has 0 spiro atoms. The maximum atomic E-state index is 12.8. The Hall–Kier alpha value is -2.57. The highest BCUT2D eigenvalue weighted by molar-refractivity contribution is 9.10. The molecule has 1 heterocycles. The van der Waals surface area contributed by atoms with Gasteiger partial charge in [0.25, 0.3) is 11.1 Å². The van der Waals surface area contributed by atoms with Gasteiger partial charge in [0.2, 0.25) is 0 Å². The van der Waals surface area contributed by atoms with Crippen molar-refractivity contribution in [3.8, 4) is 0 Å². The van der Waals surface area contributed by atoms with E-state index in [4.69, 9.17) is 0 Å². The lowest BCUT2D eigenvalue weighted by Gasteiger charge is -2.15. The number of hydrogen-bond acceptors (Lipinski definition) is 4. The van der Waals surface area contributed by atoms with Gasteiger partial charge in [-0.3, -0.25) is 14.5 Å². The van der Waals surface area contributed by atoms with E-state index in [-0.39, 0.29) is 17.7 Å². The molecule has 3 aromatic rings. The topological polar surface area (TPSA) is 40.6 Å². The van der Waals surface area contributed by atoms with Crippen LogP contribution in [0.25, 0.3) is 16.8 Å². The normalized spacial score (nSPS) is 15.6. The molecule has 1 saturated heterocycles. The van der Waals surface area contributed by atoms with Crippen LogP contribution in [0, 0.1) is 0 Å². The van der Waals surface area contributed by atoms with E-state index in [1.807, 2.05) is 79.7 Å². The minimum Gasteiger partial charge on any atom is -0.377 e. The SMILES string of the molecule is CN(C)c1ccc(/C=C2\SC(=O)N(Cc3ccc4ccccc4c3)C2=O)cc1Br. The van der Waals surface area contributed by atoms with Gasteiger partial charge in [-0.1, -0.05) is 42.5 Å². The molecule has 0 unspecified atom stereocenters. The lowest BCUT2D eigenvalue weighted by molar-refractivity contribution is -0.123. The highest BCUT2D eigenvalue weighted by Crippen LogP contribution is 2.35. The third-order valence-corrected chi connectivity index (χ3v) is 6.32. The van der Waals surface area contributed by atoms with Gasteiger partial charge in [0, 0.05) is 18.6 Å². The lowest BCUT2D eigenvalue weighted by atomic mass is 10.1. The van der Waals surface area contributed by atoms with E-state index in [2.05, 4.69) is 15.9 Å². The van der Waals surface area contributed by atoms with Crippen molar-refractivity contribution in [2.45, 2.75) is 6.54 Å². The number of amides is 2. The number of hydrogen-bond donors (Lipinski definition) is 0. The Morgan fingerprint density at radius 2 is 1.76 bits per heavy atom. The van der Waals surface area contributed by atoms with E-state index < -0.39 is 0 Å². The van der Waals surface area contributed by atoms with Gasteiger partial charge in [-0.25, -0.2) is 0 Å². The Morgan fingerprint density at radius 1 is 1.00 bits per heavy atom. The smallest absolute Gasteiger partial charge is 0.293 e. The van der Waals surface area contributed by atoms with Crippen LogP contribution in [0.4, 0.5) is 10.5 Å². The maximum Gasteiger partial charge on any atom is 0.293 e. The quantitative estimate of drug-likeness (QED) is 0.448. The second-order valence-corrected chi connectivity index (χ2v) is 8.90. The first-order valence-electron chi connectivity index (χ1n) is 9.12. The molecule has 1 aliphatic rings. The van der Waals surface area contributed by atoms with Gasteiger partial charge >= 0.3 is 0 Å². The summed E-state index contributed by atoms with van der Waals surface area (Å²) >= 11 is 4.55. The van der Waals surface area contributed by atoms with Crippen LogP contribution >= 0.6 is 27.7 Å². The number of rotatable bonds is 4. The van der Waals surface area contributed by atoms with Crippen LogP contribution in [0.2, 0.25) is 0 Å².